The van der Waals surface area contributed by atoms with Crippen molar-refractivity contribution < 1.29 is 13.2 Å². The highest BCUT2D eigenvalue weighted by Crippen LogP contribution is 2.40. The van der Waals surface area contributed by atoms with Crippen molar-refractivity contribution in [1.29, 1.82) is 0 Å². The van der Waals surface area contributed by atoms with Gasteiger partial charge in [-0.05, 0) is 24.8 Å². The zero-order valence-electron chi connectivity index (χ0n) is 14.9. The van der Waals surface area contributed by atoms with Gasteiger partial charge in [-0.1, -0.05) is 42.1 Å². The van der Waals surface area contributed by atoms with Crippen LogP contribution in [-0.2, 0) is 21.2 Å². The first-order valence-corrected chi connectivity index (χ1v) is 11.9. The van der Waals surface area contributed by atoms with Crippen LogP contribution >= 0.6 is 11.8 Å². The van der Waals surface area contributed by atoms with Crippen molar-refractivity contribution in [2.75, 3.05) is 17.3 Å². The lowest BCUT2D eigenvalue weighted by molar-refractivity contribution is -0.119. The van der Waals surface area contributed by atoms with Crippen LogP contribution in [0.1, 0.15) is 36.6 Å². The normalized spacial score (nSPS) is 21.3. The summed E-state index contributed by atoms with van der Waals surface area (Å²) in [7, 11) is -3.00. The Balaban J connectivity index is 1.40. The first-order chi connectivity index (χ1) is 13.0. The first-order valence-electron chi connectivity index (χ1n) is 9.10. The lowest BCUT2D eigenvalue weighted by atomic mass is 10.2. The highest BCUT2D eigenvalue weighted by atomic mass is 32.2. The Kier molecular flexibility index (Phi) is 5.23. The molecular formula is C18H22N4O3S2. The molecule has 1 saturated heterocycles. The molecule has 1 aromatic heterocycles. The summed E-state index contributed by atoms with van der Waals surface area (Å²) in [5.41, 5.74) is 1.17. The lowest BCUT2D eigenvalue weighted by Gasteiger charge is -2.12. The van der Waals surface area contributed by atoms with E-state index in [-0.39, 0.29) is 29.2 Å². The fourth-order valence-corrected chi connectivity index (χ4v) is 5.70. The quantitative estimate of drug-likeness (QED) is 0.702. The molecular weight excluding hydrogens is 384 g/mol. The van der Waals surface area contributed by atoms with E-state index in [4.69, 9.17) is 0 Å². The second kappa shape index (κ2) is 7.63. The topological polar surface area (TPSA) is 93.9 Å². The maximum Gasteiger partial charge on any atom is 0.230 e. The number of hydrogen-bond acceptors (Lipinski definition) is 6. The number of amides is 1. The second-order valence-corrected chi connectivity index (χ2v) is 10.3. The van der Waals surface area contributed by atoms with Crippen molar-refractivity contribution in [3.8, 4) is 0 Å². The molecule has 1 aliphatic carbocycles. The molecule has 0 bridgehead atoms. The van der Waals surface area contributed by atoms with Gasteiger partial charge >= 0.3 is 0 Å². The molecule has 0 radical (unpaired) electrons. The van der Waals surface area contributed by atoms with Crippen molar-refractivity contribution in [2.24, 2.45) is 0 Å². The SMILES string of the molecule is O=C(CSc1nnc(C2CC2)n1Cc1ccccc1)N[C@H]1CCS(=O)(=O)C1. The Morgan fingerprint density at radius 1 is 1.19 bits per heavy atom. The molecule has 2 aliphatic rings. The number of carbonyl (C=O) groups is 1. The number of carbonyl (C=O) groups excluding carboxylic acids is 1. The van der Waals surface area contributed by atoms with E-state index in [1.807, 2.05) is 18.2 Å². The van der Waals surface area contributed by atoms with Crippen molar-refractivity contribution in [2.45, 2.75) is 42.9 Å². The van der Waals surface area contributed by atoms with Gasteiger partial charge in [-0.2, -0.15) is 0 Å². The Morgan fingerprint density at radius 3 is 2.63 bits per heavy atom. The molecule has 1 aliphatic heterocycles. The summed E-state index contributed by atoms with van der Waals surface area (Å²) in [5, 5.41) is 12.2. The van der Waals surface area contributed by atoms with E-state index in [9.17, 15) is 13.2 Å². The van der Waals surface area contributed by atoms with Gasteiger partial charge in [0.2, 0.25) is 5.91 Å². The minimum atomic E-state index is -3.00. The van der Waals surface area contributed by atoms with Gasteiger partial charge in [-0.15, -0.1) is 10.2 Å². The van der Waals surface area contributed by atoms with Gasteiger partial charge in [-0.25, -0.2) is 8.42 Å². The third-order valence-electron chi connectivity index (χ3n) is 4.80. The van der Waals surface area contributed by atoms with Crippen LogP contribution in [0.3, 0.4) is 0 Å². The summed E-state index contributed by atoms with van der Waals surface area (Å²) in [4.78, 5) is 12.2. The van der Waals surface area contributed by atoms with E-state index in [1.54, 1.807) is 0 Å². The van der Waals surface area contributed by atoms with E-state index in [2.05, 4.69) is 32.2 Å². The van der Waals surface area contributed by atoms with Gasteiger partial charge in [0.1, 0.15) is 5.82 Å². The van der Waals surface area contributed by atoms with Crippen LogP contribution in [0.2, 0.25) is 0 Å². The number of thioether (sulfide) groups is 1. The zero-order chi connectivity index (χ0) is 18.9. The molecule has 4 rings (SSSR count). The monoisotopic (exact) mass is 406 g/mol. The van der Waals surface area contributed by atoms with E-state index in [0.717, 1.165) is 23.8 Å². The average Bonchev–Trinajstić information content (AvgIpc) is 3.32. The molecule has 1 N–H and O–H groups in total. The third-order valence-corrected chi connectivity index (χ3v) is 7.54. The van der Waals surface area contributed by atoms with E-state index in [1.165, 1.54) is 17.3 Å². The summed E-state index contributed by atoms with van der Waals surface area (Å²) >= 11 is 1.35. The van der Waals surface area contributed by atoms with Crippen molar-refractivity contribution in [3.05, 3.63) is 41.7 Å². The Bertz CT molecular complexity index is 923. The van der Waals surface area contributed by atoms with Crippen LogP contribution < -0.4 is 5.32 Å². The molecule has 1 atom stereocenters. The van der Waals surface area contributed by atoms with Crippen molar-refractivity contribution >= 4 is 27.5 Å². The standard InChI is InChI=1S/C18H22N4O3S2/c23-16(19-15-8-9-27(24,25)12-15)11-26-18-21-20-17(14-6-7-14)22(18)10-13-4-2-1-3-5-13/h1-5,14-15H,6-12H2,(H,19,23)/t15-/m0/s1. The Hall–Kier alpha value is -1.87. The van der Waals surface area contributed by atoms with Gasteiger partial charge in [0, 0.05) is 12.0 Å². The van der Waals surface area contributed by atoms with Crippen LogP contribution in [0.15, 0.2) is 35.5 Å². The number of nitrogens with zero attached hydrogens (tertiary/aromatic N) is 3. The van der Waals surface area contributed by atoms with Gasteiger partial charge in [0.25, 0.3) is 0 Å². The number of aromatic nitrogens is 3. The van der Waals surface area contributed by atoms with Crippen LogP contribution in [0, 0.1) is 0 Å². The van der Waals surface area contributed by atoms with Gasteiger partial charge < -0.3 is 9.88 Å². The summed E-state index contributed by atoms with van der Waals surface area (Å²) in [6.45, 7) is 0.685. The highest BCUT2D eigenvalue weighted by Gasteiger charge is 2.31. The lowest BCUT2D eigenvalue weighted by Crippen LogP contribution is -2.36. The number of rotatable bonds is 7. The predicted molar refractivity (Wildman–Crippen MR) is 103 cm³/mol. The summed E-state index contributed by atoms with van der Waals surface area (Å²) in [6.07, 6.45) is 2.76. The molecule has 2 aromatic rings. The fraction of sp³-hybridized carbons (Fsp3) is 0.500. The van der Waals surface area contributed by atoms with Gasteiger partial charge in [-0.3, -0.25) is 4.79 Å². The molecule has 0 unspecified atom stereocenters. The molecule has 2 fully saturated rings. The van der Waals surface area contributed by atoms with Crippen molar-refractivity contribution in [1.82, 2.24) is 20.1 Å². The number of benzene rings is 1. The molecule has 1 aromatic carbocycles. The van der Waals surface area contributed by atoms with Crippen LogP contribution in [0.25, 0.3) is 0 Å². The summed E-state index contributed by atoms with van der Waals surface area (Å²) in [6, 6.07) is 9.86. The van der Waals surface area contributed by atoms with Crippen LogP contribution in [0.4, 0.5) is 0 Å². The van der Waals surface area contributed by atoms with E-state index in [0.29, 0.717) is 18.9 Å². The van der Waals surface area contributed by atoms with E-state index >= 15 is 0 Å². The minimum Gasteiger partial charge on any atom is -0.352 e. The van der Waals surface area contributed by atoms with E-state index < -0.39 is 9.84 Å². The molecule has 2 heterocycles. The maximum absolute atomic E-state index is 12.2. The maximum atomic E-state index is 12.2. The van der Waals surface area contributed by atoms with Crippen molar-refractivity contribution in [3.63, 3.8) is 0 Å². The van der Waals surface area contributed by atoms with Gasteiger partial charge in [0.15, 0.2) is 15.0 Å². The number of sulfone groups is 1. The van der Waals surface area contributed by atoms with Gasteiger partial charge in [0.05, 0.1) is 23.8 Å². The smallest absolute Gasteiger partial charge is 0.230 e. The molecule has 7 nitrogen and oxygen atoms in total. The Labute approximate surface area is 162 Å². The minimum absolute atomic E-state index is 0.0411. The second-order valence-electron chi connectivity index (χ2n) is 7.14. The van der Waals surface area contributed by atoms with Crippen LogP contribution in [0.5, 0.6) is 0 Å². The Morgan fingerprint density at radius 2 is 1.96 bits per heavy atom. The molecule has 1 saturated carbocycles. The summed E-state index contributed by atoms with van der Waals surface area (Å²) in [5.74, 6) is 1.69. The first kappa shape index (κ1) is 18.5. The fourth-order valence-electron chi connectivity index (χ4n) is 3.27. The summed E-state index contributed by atoms with van der Waals surface area (Å²) < 4.78 is 25.1. The zero-order valence-corrected chi connectivity index (χ0v) is 16.5. The molecule has 27 heavy (non-hydrogen) atoms. The third kappa shape index (κ3) is 4.70. The molecule has 1 amide bonds. The predicted octanol–water partition coefficient (Wildman–Crippen LogP) is 1.60. The number of nitrogens with one attached hydrogen (secondary N) is 1. The molecule has 9 heteroatoms. The average molecular weight is 407 g/mol. The molecule has 0 spiro atoms. The number of hydrogen-bond donors (Lipinski definition) is 1. The van der Waals surface area contributed by atoms with Crippen LogP contribution in [-0.4, -0.2) is 52.4 Å². The highest BCUT2D eigenvalue weighted by molar-refractivity contribution is 7.99. The largest absolute Gasteiger partial charge is 0.352 e. The molecule has 144 valence electrons.